The number of aryl methyl sites for hydroxylation is 1. The zero-order valence-electron chi connectivity index (χ0n) is 10.6. The van der Waals surface area contributed by atoms with Gasteiger partial charge in [-0.1, -0.05) is 19.9 Å². The van der Waals surface area contributed by atoms with Gasteiger partial charge in [-0.2, -0.15) is 0 Å². The van der Waals surface area contributed by atoms with Crippen LogP contribution in [0.3, 0.4) is 0 Å². The van der Waals surface area contributed by atoms with Gasteiger partial charge >= 0.3 is 0 Å². The quantitative estimate of drug-likeness (QED) is 0.796. The molecule has 0 amide bonds. The van der Waals surface area contributed by atoms with Crippen molar-refractivity contribution >= 4 is 0 Å². The maximum absolute atomic E-state index is 5.66. The SMILES string of the molecule is CCN(Cc1ncccc1C)CC(C)CN. The number of pyridine rings is 1. The minimum absolute atomic E-state index is 0.545. The summed E-state index contributed by atoms with van der Waals surface area (Å²) in [5, 5.41) is 0. The molecule has 1 aromatic rings. The molecule has 0 aliphatic rings. The van der Waals surface area contributed by atoms with E-state index in [1.807, 2.05) is 12.3 Å². The lowest BCUT2D eigenvalue weighted by Gasteiger charge is -2.23. The van der Waals surface area contributed by atoms with Crippen molar-refractivity contribution in [3.8, 4) is 0 Å². The number of nitrogens with zero attached hydrogens (tertiary/aromatic N) is 2. The van der Waals surface area contributed by atoms with Crippen LogP contribution in [0.25, 0.3) is 0 Å². The third kappa shape index (κ3) is 3.91. The van der Waals surface area contributed by atoms with E-state index in [0.717, 1.165) is 26.2 Å². The van der Waals surface area contributed by atoms with Crippen molar-refractivity contribution < 1.29 is 0 Å². The van der Waals surface area contributed by atoms with Crippen molar-refractivity contribution in [2.75, 3.05) is 19.6 Å². The molecule has 0 spiro atoms. The van der Waals surface area contributed by atoms with Crippen molar-refractivity contribution in [1.29, 1.82) is 0 Å². The van der Waals surface area contributed by atoms with E-state index in [1.54, 1.807) is 0 Å². The first-order valence-corrected chi connectivity index (χ1v) is 6.00. The van der Waals surface area contributed by atoms with E-state index in [2.05, 4.69) is 36.7 Å². The summed E-state index contributed by atoms with van der Waals surface area (Å²) in [7, 11) is 0. The third-order valence-corrected chi connectivity index (χ3v) is 2.91. The number of rotatable bonds is 6. The predicted octanol–water partition coefficient (Wildman–Crippen LogP) is 1.81. The summed E-state index contributed by atoms with van der Waals surface area (Å²) < 4.78 is 0. The molecule has 1 rings (SSSR count). The molecule has 0 aliphatic heterocycles. The van der Waals surface area contributed by atoms with Crippen LogP contribution < -0.4 is 5.73 Å². The molecule has 1 heterocycles. The van der Waals surface area contributed by atoms with Crippen molar-refractivity contribution in [3.05, 3.63) is 29.6 Å². The number of hydrogen-bond acceptors (Lipinski definition) is 3. The van der Waals surface area contributed by atoms with Crippen LogP contribution in [-0.4, -0.2) is 29.5 Å². The highest BCUT2D eigenvalue weighted by molar-refractivity contribution is 5.17. The molecule has 0 bridgehead atoms. The van der Waals surface area contributed by atoms with Crippen LogP contribution in [0, 0.1) is 12.8 Å². The van der Waals surface area contributed by atoms with Gasteiger partial charge in [0.1, 0.15) is 0 Å². The van der Waals surface area contributed by atoms with Gasteiger partial charge in [0.2, 0.25) is 0 Å². The van der Waals surface area contributed by atoms with E-state index in [1.165, 1.54) is 11.3 Å². The van der Waals surface area contributed by atoms with E-state index >= 15 is 0 Å². The molecule has 0 fully saturated rings. The Labute approximate surface area is 98.7 Å². The van der Waals surface area contributed by atoms with Gasteiger partial charge in [0, 0.05) is 19.3 Å². The normalized spacial score (nSPS) is 13.1. The second-order valence-corrected chi connectivity index (χ2v) is 4.44. The van der Waals surface area contributed by atoms with Crippen LogP contribution in [0.2, 0.25) is 0 Å². The van der Waals surface area contributed by atoms with E-state index in [-0.39, 0.29) is 0 Å². The van der Waals surface area contributed by atoms with Crippen molar-refractivity contribution in [3.63, 3.8) is 0 Å². The molecule has 1 unspecified atom stereocenters. The van der Waals surface area contributed by atoms with Gasteiger partial charge in [0.25, 0.3) is 0 Å². The Kier molecular flexibility index (Phi) is 5.43. The topological polar surface area (TPSA) is 42.2 Å². The molecule has 3 nitrogen and oxygen atoms in total. The first-order valence-electron chi connectivity index (χ1n) is 6.00. The van der Waals surface area contributed by atoms with Crippen LogP contribution in [0.15, 0.2) is 18.3 Å². The van der Waals surface area contributed by atoms with Gasteiger partial charge in [0.15, 0.2) is 0 Å². The van der Waals surface area contributed by atoms with E-state index in [9.17, 15) is 0 Å². The summed E-state index contributed by atoms with van der Waals surface area (Å²) in [4.78, 5) is 6.82. The Hall–Kier alpha value is -0.930. The van der Waals surface area contributed by atoms with E-state index in [0.29, 0.717) is 5.92 Å². The minimum Gasteiger partial charge on any atom is -0.330 e. The fourth-order valence-electron chi connectivity index (χ4n) is 1.72. The number of aromatic nitrogens is 1. The summed E-state index contributed by atoms with van der Waals surface area (Å²) in [6.07, 6.45) is 1.86. The average molecular weight is 221 g/mol. The zero-order valence-corrected chi connectivity index (χ0v) is 10.6. The highest BCUT2D eigenvalue weighted by atomic mass is 15.1. The lowest BCUT2D eigenvalue weighted by molar-refractivity contribution is 0.240. The predicted molar refractivity (Wildman–Crippen MR) is 68.1 cm³/mol. The molecule has 1 aromatic heterocycles. The first kappa shape index (κ1) is 13.1. The van der Waals surface area contributed by atoms with Crippen LogP contribution in [-0.2, 0) is 6.54 Å². The highest BCUT2D eigenvalue weighted by Crippen LogP contribution is 2.08. The molecule has 0 saturated heterocycles. The molecule has 0 aromatic carbocycles. The summed E-state index contributed by atoms with van der Waals surface area (Å²) in [5.41, 5.74) is 8.10. The Morgan fingerprint density at radius 1 is 1.50 bits per heavy atom. The Balaban J connectivity index is 2.60. The average Bonchev–Trinajstić information content (AvgIpc) is 2.30. The van der Waals surface area contributed by atoms with Crippen LogP contribution in [0.1, 0.15) is 25.1 Å². The molecule has 16 heavy (non-hydrogen) atoms. The molecule has 0 radical (unpaired) electrons. The van der Waals surface area contributed by atoms with Crippen molar-refractivity contribution in [2.45, 2.75) is 27.3 Å². The first-order chi connectivity index (χ1) is 7.67. The fourth-order valence-corrected chi connectivity index (χ4v) is 1.72. The fraction of sp³-hybridized carbons (Fsp3) is 0.615. The van der Waals surface area contributed by atoms with Crippen LogP contribution in [0.4, 0.5) is 0 Å². The number of hydrogen-bond donors (Lipinski definition) is 1. The zero-order chi connectivity index (χ0) is 12.0. The Morgan fingerprint density at radius 2 is 2.25 bits per heavy atom. The lowest BCUT2D eigenvalue weighted by atomic mass is 10.1. The van der Waals surface area contributed by atoms with Crippen molar-refractivity contribution in [2.24, 2.45) is 11.7 Å². The van der Waals surface area contributed by atoms with E-state index in [4.69, 9.17) is 5.73 Å². The summed E-state index contributed by atoms with van der Waals surface area (Å²) in [6, 6.07) is 4.10. The number of nitrogens with two attached hydrogens (primary N) is 1. The standard InChI is InChI=1S/C13H23N3/c1-4-16(9-11(2)8-14)10-13-12(3)6-5-7-15-13/h5-7,11H,4,8-10,14H2,1-3H3. The Morgan fingerprint density at radius 3 is 2.81 bits per heavy atom. The van der Waals surface area contributed by atoms with Gasteiger partial charge in [-0.3, -0.25) is 9.88 Å². The second-order valence-electron chi connectivity index (χ2n) is 4.44. The largest absolute Gasteiger partial charge is 0.330 e. The van der Waals surface area contributed by atoms with Gasteiger partial charge in [-0.05, 0) is 37.6 Å². The van der Waals surface area contributed by atoms with Crippen molar-refractivity contribution in [1.82, 2.24) is 9.88 Å². The van der Waals surface area contributed by atoms with Gasteiger partial charge in [0.05, 0.1) is 5.69 Å². The molecular weight excluding hydrogens is 198 g/mol. The monoisotopic (exact) mass is 221 g/mol. The molecule has 2 N–H and O–H groups in total. The van der Waals surface area contributed by atoms with Gasteiger partial charge < -0.3 is 5.73 Å². The third-order valence-electron chi connectivity index (χ3n) is 2.91. The molecule has 1 atom stereocenters. The minimum atomic E-state index is 0.545. The summed E-state index contributed by atoms with van der Waals surface area (Å²) in [6.45, 7) is 10.2. The Bertz CT molecular complexity index is 312. The maximum Gasteiger partial charge on any atom is 0.0573 e. The molecular formula is C13H23N3. The van der Waals surface area contributed by atoms with Crippen LogP contribution in [0.5, 0.6) is 0 Å². The summed E-state index contributed by atoms with van der Waals surface area (Å²) >= 11 is 0. The molecule has 0 aliphatic carbocycles. The van der Waals surface area contributed by atoms with Crippen LogP contribution >= 0.6 is 0 Å². The molecule has 90 valence electrons. The van der Waals surface area contributed by atoms with E-state index < -0.39 is 0 Å². The summed E-state index contributed by atoms with van der Waals surface area (Å²) in [5.74, 6) is 0.545. The highest BCUT2D eigenvalue weighted by Gasteiger charge is 2.09. The lowest BCUT2D eigenvalue weighted by Crippen LogP contribution is -2.31. The smallest absolute Gasteiger partial charge is 0.0573 e. The van der Waals surface area contributed by atoms with Gasteiger partial charge in [-0.15, -0.1) is 0 Å². The molecule has 3 heteroatoms. The maximum atomic E-state index is 5.66. The molecule has 0 saturated carbocycles. The second kappa shape index (κ2) is 6.61. The van der Waals surface area contributed by atoms with Gasteiger partial charge in [-0.25, -0.2) is 0 Å².